The lowest BCUT2D eigenvalue weighted by Gasteiger charge is -2.09. The molecule has 0 atom stereocenters. The lowest BCUT2D eigenvalue weighted by Crippen LogP contribution is -2.35. The zero-order valence-corrected chi connectivity index (χ0v) is 10.5. The summed E-state index contributed by atoms with van der Waals surface area (Å²) in [5.74, 6) is -0.341. The van der Waals surface area contributed by atoms with Crippen LogP contribution in [0.2, 0.25) is 0 Å². The van der Waals surface area contributed by atoms with E-state index in [1.54, 1.807) is 13.2 Å². The summed E-state index contributed by atoms with van der Waals surface area (Å²) in [7, 11) is 1.61. The van der Waals surface area contributed by atoms with Gasteiger partial charge in [0, 0.05) is 23.8 Å². The van der Waals surface area contributed by atoms with Gasteiger partial charge in [-0.3, -0.25) is 9.59 Å². The average molecular weight is 273 g/mol. The molecule has 0 unspecified atom stereocenters. The first-order valence-corrected chi connectivity index (χ1v) is 5.38. The number of pyridine rings is 1. The summed E-state index contributed by atoms with van der Waals surface area (Å²) in [6.07, 6.45) is 1.62. The summed E-state index contributed by atoms with van der Waals surface area (Å²) in [4.78, 5) is 23.3. The van der Waals surface area contributed by atoms with Crippen molar-refractivity contribution in [1.29, 1.82) is 0 Å². The summed E-state index contributed by atoms with van der Waals surface area (Å²) in [6.45, 7) is 3.70. The maximum Gasteiger partial charge on any atom is 0.263 e. The van der Waals surface area contributed by atoms with Crippen LogP contribution in [-0.4, -0.2) is 16.5 Å². The molecule has 82 valence electrons. The van der Waals surface area contributed by atoms with Gasteiger partial charge in [-0.05, 0) is 35.8 Å². The number of hydrogen-bond acceptors (Lipinski definition) is 2. The van der Waals surface area contributed by atoms with Gasteiger partial charge in [-0.2, -0.15) is 0 Å². The number of nitrogens with zero attached hydrogens (tertiary/aromatic N) is 1. The maximum atomic E-state index is 11.6. The van der Waals surface area contributed by atoms with Gasteiger partial charge in [0.25, 0.3) is 11.5 Å². The molecule has 5 heteroatoms. The third-order valence-corrected chi connectivity index (χ3v) is 2.25. The fourth-order valence-corrected chi connectivity index (χ4v) is 1.71. The zero-order chi connectivity index (χ0) is 11.6. The highest BCUT2D eigenvalue weighted by molar-refractivity contribution is 9.10. The molecule has 0 bridgehead atoms. The molecule has 0 radical (unpaired) electrons. The van der Waals surface area contributed by atoms with E-state index in [2.05, 4.69) is 21.2 Å². The Hall–Kier alpha value is -1.10. The van der Waals surface area contributed by atoms with E-state index in [1.807, 2.05) is 13.8 Å². The van der Waals surface area contributed by atoms with Crippen molar-refractivity contribution in [2.24, 2.45) is 7.05 Å². The number of amides is 1. The molecule has 1 amide bonds. The molecule has 0 saturated heterocycles. The Morgan fingerprint density at radius 2 is 2.13 bits per heavy atom. The number of nitrogens with one attached hydrogen (secondary N) is 1. The molecule has 4 nitrogen and oxygen atoms in total. The molecule has 0 saturated carbocycles. The topological polar surface area (TPSA) is 51.1 Å². The van der Waals surface area contributed by atoms with Gasteiger partial charge in [0.15, 0.2) is 0 Å². The van der Waals surface area contributed by atoms with Crippen molar-refractivity contribution in [3.05, 3.63) is 32.7 Å². The molecule has 0 aliphatic heterocycles. The van der Waals surface area contributed by atoms with E-state index in [4.69, 9.17) is 0 Å². The fraction of sp³-hybridized carbons (Fsp3) is 0.400. The molecule has 15 heavy (non-hydrogen) atoms. The number of carbonyl (C=O) groups excluding carboxylic acids is 1. The van der Waals surface area contributed by atoms with Crippen LogP contribution in [0.1, 0.15) is 24.2 Å². The second-order valence-corrected chi connectivity index (χ2v) is 4.53. The number of aryl methyl sites for hydroxylation is 1. The lowest BCUT2D eigenvalue weighted by atomic mass is 10.2. The smallest absolute Gasteiger partial charge is 0.263 e. The Balaban J connectivity index is 3.14. The van der Waals surface area contributed by atoms with Crippen molar-refractivity contribution >= 4 is 21.8 Å². The molecule has 0 fully saturated rings. The van der Waals surface area contributed by atoms with Crippen molar-refractivity contribution in [3.8, 4) is 0 Å². The van der Waals surface area contributed by atoms with Crippen LogP contribution < -0.4 is 10.9 Å². The molecular formula is C10H13BrN2O2. The number of rotatable bonds is 2. The number of hydrogen-bond donors (Lipinski definition) is 1. The van der Waals surface area contributed by atoms with E-state index >= 15 is 0 Å². The Bertz CT molecular complexity index is 438. The van der Waals surface area contributed by atoms with Gasteiger partial charge in [-0.15, -0.1) is 0 Å². The van der Waals surface area contributed by atoms with E-state index in [9.17, 15) is 9.59 Å². The second-order valence-electron chi connectivity index (χ2n) is 3.62. The summed E-state index contributed by atoms with van der Waals surface area (Å²) in [6, 6.07) is 1.54. The van der Waals surface area contributed by atoms with Crippen molar-refractivity contribution in [3.63, 3.8) is 0 Å². The quantitative estimate of drug-likeness (QED) is 0.882. The fourth-order valence-electron chi connectivity index (χ4n) is 1.17. The van der Waals surface area contributed by atoms with Gasteiger partial charge >= 0.3 is 0 Å². The van der Waals surface area contributed by atoms with Gasteiger partial charge in [-0.25, -0.2) is 0 Å². The molecule has 1 N–H and O–H groups in total. The van der Waals surface area contributed by atoms with Crippen LogP contribution in [0.15, 0.2) is 21.5 Å². The Kier molecular flexibility index (Phi) is 3.68. The van der Waals surface area contributed by atoms with Crippen LogP contribution in [0.25, 0.3) is 0 Å². The predicted octanol–water partition coefficient (Wildman–Crippen LogP) is 1.29. The van der Waals surface area contributed by atoms with Gasteiger partial charge in [0.05, 0.1) is 0 Å². The average Bonchev–Trinajstić information content (AvgIpc) is 2.09. The number of carbonyl (C=O) groups is 1. The van der Waals surface area contributed by atoms with Crippen LogP contribution in [-0.2, 0) is 7.05 Å². The Labute approximate surface area is 96.4 Å². The standard InChI is InChI=1S/C10H13BrN2O2/c1-6(2)12-9(14)8-4-7(11)5-13(3)10(8)15/h4-6H,1-3H3,(H,12,14). The van der Waals surface area contributed by atoms with Crippen LogP contribution in [0.3, 0.4) is 0 Å². The summed E-state index contributed by atoms with van der Waals surface area (Å²) in [5.41, 5.74) is -0.142. The first-order chi connectivity index (χ1) is 6.91. The summed E-state index contributed by atoms with van der Waals surface area (Å²) < 4.78 is 2.08. The monoisotopic (exact) mass is 272 g/mol. The molecule has 0 aliphatic carbocycles. The molecule has 1 aromatic heterocycles. The minimum absolute atomic E-state index is 0.0150. The van der Waals surface area contributed by atoms with Gasteiger partial charge < -0.3 is 9.88 Å². The van der Waals surface area contributed by atoms with E-state index in [0.29, 0.717) is 4.47 Å². The first-order valence-electron chi connectivity index (χ1n) is 4.59. The van der Waals surface area contributed by atoms with E-state index in [0.717, 1.165) is 0 Å². The maximum absolute atomic E-state index is 11.6. The second kappa shape index (κ2) is 4.61. The van der Waals surface area contributed by atoms with Gasteiger partial charge in [0.1, 0.15) is 5.56 Å². The highest BCUT2D eigenvalue weighted by atomic mass is 79.9. The molecule has 0 aromatic carbocycles. The first kappa shape index (κ1) is 12.0. The summed E-state index contributed by atoms with van der Waals surface area (Å²) >= 11 is 3.24. The minimum atomic E-state index is -0.341. The summed E-state index contributed by atoms with van der Waals surface area (Å²) in [5, 5.41) is 2.68. The van der Waals surface area contributed by atoms with Crippen molar-refractivity contribution < 1.29 is 4.79 Å². The highest BCUT2D eigenvalue weighted by Crippen LogP contribution is 2.08. The van der Waals surface area contributed by atoms with Crippen LogP contribution in [0.5, 0.6) is 0 Å². The lowest BCUT2D eigenvalue weighted by molar-refractivity contribution is 0.0941. The van der Waals surface area contributed by atoms with E-state index in [-0.39, 0.29) is 23.1 Å². The van der Waals surface area contributed by atoms with Gasteiger partial charge in [0.2, 0.25) is 0 Å². The molecule has 1 aromatic rings. The molecule has 1 heterocycles. The number of halogens is 1. The highest BCUT2D eigenvalue weighted by Gasteiger charge is 2.12. The molecule has 1 rings (SSSR count). The van der Waals surface area contributed by atoms with E-state index < -0.39 is 0 Å². The van der Waals surface area contributed by atoms with Crippen molar-refractivity contribution in [2.75, 3.05) is 0 Å². The van der Waals surface area contributed by atoms with Crippen LogP contribution >= 0.6 is 15.9 Å². The zero-order valence-electron chi connectivity index (χ0n) is 8.87. The normalized spacial score (nSPS) is 10.5. The molecule has 0 spiro atoms. The predicted molar refractivity (Wildman–Crippen MR) is 62.0 cm³/mol. The largest absolute Gasteiger partial charge is 0.350 e. The van der Waals surface area contributed by atoms with Gasteiger partial charge in [-0.1, -0.05) is 0 Å². The third-order valence-electron chi connectivity index (χ3n) is 1.81. The van der Waals surface area contributed by atoms with Crippen LogP contribution in [0.4, 0.5) is 0 Å². The molecule has 0 aliphatic rings. The van der Waals surface area contributed by atoms with Crippen LogP contribution in [0, 0.1) is 0 Å². The SMILES string of the molecule is CC(C)NC(=O)c1cc(Br)cn(C)c1=O. The Morgan fingerprint density at radius 1 is 1.53 bits per heavy atom. The molecular weight excluding hydrogens is 260 g/mol. The number of aromatic nitrogens is 1. The van der Waals surface area contributed by atoms with E-state index in [1.165, 1.54) is 10.6 Å². The third kappa shape index (κ3) is 2.92. The van der Waals surface area contributed by atoms with Crippen molar-refractivity contribution in [2.45, 2.75) is 19.9 Å². The van der Waals surface area contributed by atoms with Crippen molar-refractivity contribution in [1.82, 2.24) is 9.88 Å². The minimum Gasteiger partial charge on any atom is -0.350 e. The Morgan fingerprint density at radius 3 is 2.67 bits per heavy atom.